The maximum atomic E-state index is 9.84. The van der Waals surface area contributed by atoms with Crippen LogP contribution in [-0.4, -0.2) is 104 Å². The predicted octanol–water partition coefficient (Wildman–Crippen LogP) is -4.37. The van der Waals surface area contributed by atoms with Crippen LogP contribution in [0.3, 0.4) is 0 Å². The van der Waals surface area contributed by atoms with Crippen LogP contribution in [-0.2, 0) is 14.2 Å². The van der Waals surface area contributed by atoms with Crippen LogP contribution >= 0.6 is 0 Å². The standard InChI is InChI=1S/C12H22O10/c1-3(14)9-6(16)8(18)12(22-9)20-4(2-13)10-5(15)7(17)11(19)21-10/h3-19H,2H2,1H3/t3-,4-,5-,6-,7-,8-,9+,10+,11-,12-/m1/s1. The monoisotopic (exact) mass is 326 g/mol. The lowest BCUT2D eigenvalue weighted by atomic mass is 10.1. The second-order valence-electron chi connectivity index (χ2n) is 5.52. The van der Waals surface area contributed by atoms with Gasteiger partial charge < -0.3 is 50.0 Å². The molecule has 0 aromatic carbocycles. The molecule has 2 aliphatic rings. The summed E-state index contributed by atoms with van der Waals surface area (Å²) in [7, 11) is 0. The molecule has 2 heterocycles. The molecule has 0 unspecified atom stereocenters. The van der Waals surface area contributed by atoms with Crippen molar-refractivity contribution in [2.45, 2.75) is 68.3 Å². The van der Waals surface area contributed by atoms with Gasteiger partial charge in [0, 0.05) is 0 Å². The summed E-state index contributed by atoms with van der Waals surface area (Å²) >= 11 is 0. The van der Waals surface area contributed by atoms with Crippen molar-refractivity contribution in [1.29, 1.82) is 0 Å². The van der Waals surface area contributed by atoms with Gasteiger partial charge in [0.25, 0.3) is 0 Å². The molecule has 0 aliphatic carbocycles. The number of aliphatic hydroxyl groups is 7. The number of hydrogen-bond acceptors (Lipinski definition) is 10. The first kappa shape index (κ1) is 17.9. The maximum Gasteiger partial charge on any atom is 0.187 e. The lowest BCUT2D eigenvalue weighted by Gasteiger charge is -2.27. The number of aliphatic hydroxyl groups excluding tert-OH is 7. The van der Waals surface area contributed by atoms with Gasteiger partial charge in [-0.3, -0.25) is 0 Å². The van der Waals surface area contributed by atoms with Crippen LogP contribution in [0.4, 0.5) is 0 Å². The van der Waals surface area contributed by atoms with Crippen molar-refractivity contribution in [2.24, 2.45) is 0 Å². The first-order valence-electron chi connectivity index (χ1n) is 6.93. The van der Waals surface area contributed by atoms with Crippen LogP contribution in [0.2, 0.25) is 0 Å². The van der Waals surface area contributed by atoms with Crippen LogP contribution in [0.25, 0.3) is 0 Å². The van der Waals surface area contributed by atoms with E-state index in [1.807, 2.05) is 0 Å². The molecule has 7 N–H and O–H groups in total. The van der Waals surface area contributed by atoms with Crippen molar-refractivity contribution < 1.29 is 50.0 Å². The minimum atomic E-state index is -1.64. The molecule has 2 fully saturated rings. The van der Waals surface area contributed by atoms with Gasteiger partial charge in [0.15, 0.2) is 12.6 Å². The normalized spacial score (nSPS) is 48.5. The number of hydrogen-bond donors (Lipinski definition) is 7. The lowest BCUT2D eigenvalue weighted by Crippen LogP contribution is -2.46. The van der Waals surface area contributed by atoms with E-state index >= 15 is 0 Å². The molecule has 10 nitrogen and oxygen atoms in total. The van der Waals surface area contributed by atoms with Gasteiger partial charge in [-0.25, -0.2) is 0 Å². The van der Waals surface area contributed by atoms with E-state index in [9.17, 15) is 35.7 Å². The van der Waals surface area contributed by atoms with Gasteiger partial charge in [-0.05, 0) is 6.92 Å². The summed E-state index contributed by atoms with van der Waals surface area (Å²) in [4.78, 5) is 0. The topological polar surface area (TPSA) is 169 Å². The molecule has 0 radical (unpaired) electrons. The van der Waals surface area contributed by atoms with Crippen molar-refractivity contribution in [3.05, 3.63) is 0 Å². The molecule has 0 spiro atoms. The summed E-state index contributed by atoms with van der Waals surface area (Å²) in [6.45, 7) is 0.701. The Morgan fingerprint density at radius 3 is 1.91 bits per heavy atom. The minimum absolute atomic E-state index is 0.664. The SMILES string of the molecule is C[C@@H](O)[C@@H]1O[C@@H](O[C@H](CO)[C@@H]2O[C@@H](O)[C@H](O)[C@H]2O)[C@H](O)[C@H]1O. The highest BCUT2D eigenvalue weighted by atomic mass is 16.7. The molecule has 2 saturated heterocycles. The minimum Gasteiger partial charge on any atom is -0.394 e. The van der Waals surface area contributed by atoms with Gasteiger partial charge in [-0.1, -0.05) is 0 Å². The second-order valence-corrected chi connectivity index (χ2v) is 5.52. The van der Waals surface area contributed by atoms with Crippen molar-refractivity contribution in [1.82, 2.24) is 0 Å². The van der Waals surface area contributed by atoms with E-state index in [0.29, 0.717) is 0 Å². The fraction of sp³-hybridized carbons (Fsp3) is 1.00. The highest BCUT2D eigenvalue weighted by Crippen LogP contribution is 2.29. The van der Waals surface area contributed by atoms with Crippen molar-refractivity contribution in [3.63, 3.8) is 0 Å². The third-order valence-electron chi connectivity index (χ3n) is 3.86. The molecular weight excluding hydrogens is 304 g/mol. The van der Waals surface area contributed by atoms with Crippen molar-refractivity contribution >= 4 is 0 Å². The molecule has 130 valence electrons. The molecule has 2 aliphatic heterocycles. The van der Waals surface area contributed by atoms with E-state index in [1.165, 1.54) is 6.92 Å². The van der Waals surface area contributed by atoms with Crippen LogP contribution in [0.15, 0.2) is 0 Å². The Balaban J connectivity index is 2.02. The molecular formula is C12H22O10. The molecule has 0 amide bonds. The van der Waals surface area contributed by atoms with Gasteiger partial charge in [0.2, 0.25) is 0 Å². The van der Waals surface area contributed by atoms with Gasteiger partial charge >= 0.3 is 0 Å². The lowest BCUT2D eigenvalue weighted by molar-refractivity contribution is -0.238. The molecule has 0 saturated carbocycles. The predicted molar refractivity (Wildman–Crippen MR) is 67.2 cm³/mol. The Morgan fingerprint density at radius 2 is 1.50 bits per heavy atom. The van der Waals surface area contributed by atoms with E-state index in [-0.39, 0.29) is 0 Å². The quantitative estimate of drug-likeness (QED) is 0.262. The van der Waals surface area contributed by atoms with Gasteiger partial charge in [-0.15, -0.1) is 0 Å². The molecule has 10 atom stereocenters. The summed E-state index contributed by atoms with van der Waals surface area (Å²) < 4.78 is 15.4. The van der Waals surface area contributed by atoms with E-state index in [1.54, 1.807) is 0 Å². The number of rotatable bonds is 5. The van der Waals surface area contributed by atoms with Crippen LogP contribution in [0.1, 0.15) is 6.92 Å². The molecule has 2 rings (SSSR count). The first-order chi connectivity index (χ1) is 10.3. The molecule has 10 heteroatoms. The Morgan fingerprint density at radius 1 is 0.909 bits per heavy atom. The van der Waals surface area contributed by atoms with Crippen LogP contribution < -0.4 is 0 Å². The molecule has 0 aromatic rings. The van der Waals surface area contributed by atoms with Gasteiger partial charge in [0.05, 0.1) is 12.7 Å². The van der Waals surface area contributed by atoms with E-state index < -0.39 is 68.0 Å². The summed E-state index contributed by atoms with van der Waals surface area (Å²) in [6.07, 6.45) is -13.6. The Hall–Kier alpha value is -0.400. The zero-order chi connectivity index (χ0) is 16.6. The van der Waals surface area contributed by atoms with E-state index in [4.69, 9.17) is 14.2 Å². The molecule has 0 bridgehead atoms. The van der Waals surface area contributed by atoms with Gasteiger partial charge in [-0.2, -0.15) is 0 Å². The number of ether oxygens (including phenoxy) is 3. The average Bonchev–Trinajstić information content (AvgIpc) is 2.89. The summed E-state index contributed by atoms with van der Waals surface area (Å²) in [5.74, 6) is 0. The summed E-state index contributed by atoms with van der Waals surface area (Å²) in [5, 5.41) is 66.9. The van der Waals surface area contributed by atoms with E-state index in [0.717, 1.165) is 0 Å². The Labute approximate surface area is 126 Å². The smallest absolute Gasteiger partial charge is 0.187 e. The average molecular weight is 326 g/mol. The Bertz CT molecular complexity index is 366. The fourth-order valence-corrected chi connectivity index (χ4v) is 2.57. The van der Waals surface area contributed by atoms with Gasteiger partial charge in [0.1, 0.15) is 42.7 Å². The highest BCUT2D eigenvalue weighted by Gasteiger charge is 2.50. The zero-order valence-corrected chi connectivity index (χ0v) is 11.8. The van der Waals surface area contributed by atoms with Crippen molar-refractivity contribution in [2.75, 3.05) is 6.61 Å². The largest absolute Gasteiger partial charge is 0.394 e. The van der Waals surface area contributed by atoms with Crippen LogP contribution in [0, 0.1) is 0 Å². The Kier molecular flexibility index (Phi) is 5.72. The zero-order valence-electron chi connectivity index (χ0n) is 11.8. The summed E-state index contributed by atoms with van der Waals surface area (Å²) in [6, 6.07) is 0. The maximum absolute atomic E-state index is 9.84. The van der Waals surface area contributed by atoms with Crippen molar-refractivity contribution in [3.8, 4) is 0 Å². The molecule has 0 aromatic heterocycles. The summed E-state index contributed by atoms with van der Waals surface area (Å²) in [5.41, 5.74) is 0. The second kappa shape index (κ2) is 7.01. The first-order valence-corrected chi connectivity index (χ1v) is 6.93. The highest BCUT2D eigenvalue weighted by molar-refractivity contribution is 4.93. The van der Waals surface area contributed by atoms with E-state index in [2.05, 4.69) is 0 Å². The third kappa shape index (κ3) is 3.26. The van der Waals surface area contributed by atoms with Crippen LogP contribution in [0.5, 0.6) is 0 Å². The fourth-order valence-electron chi connectivity index (χ4n) is 2.57. The third-order valence-corrected chi connectivity index (χ3v) is 3.86. The molecule has 22 heavy (non-hydrogen) atoms.